The Kier molecular flexibility index (Phi) is 3.79. The molecular formula is C14H23NO4S. The van der Waals surface area contributed by atoms with Gasteiger partial charge in [0.05, 0.1) is 11.5 Å². The van der Waals surface area contributed by atoms with Crippen molar-refractivity contribution in [1.82, 2.24) is 4.90 Å². The lowest BCUT2D eigenvalue weighted by molar-refractivity contribution is -0.138. The van der Waals surface area contributed by atoms with Crippen LogP contribution in [0.4, 0.5) is 0 Å². The van der Waals surface area contributed by atoms with E-state index in [2.05, 4.69) is 4.90 Å². The van der Waals surface area contributed by atoms with Crippen molar-refractivity contribution in [1.29, 1.82) is 0 Å². The largest absolute Gasteiger partial charge is 0.481 e. The summed E-state index contributed by atoms with van der Waals surface area (Å²) in [7, 11) is -2.87. The van der Waals surface area contributed by atoms with Crippen LogP contribution in [0.3, 0.4) is 0 Å². The Hall–Kier alpha value is -0.620. The lowest BCUT2D eigenvalue weighted by Crippen LogP contribution is -2.52. The summed E-state index contributed by atoms with van der Waals surface area (Å²) in [4.78, 5) is 13.3. The molecule has 114 valence electrons. The van der Waals surface area contributed by atoms with Gasteiger partial charge in [-0.2, -0.15) is 0 Å². The van der Waals surface area contributed by atoms with Gasteiger partial charge in [0.15, 0.2) is 9.84 Å². The fraction of sp³-hybridized carbons (Fsp3) is 0.929. The number of sulfone groups is 1. The molecule has 3 atom stereocenters. The van der Waals surface area contributed by atoms with Gasteiger partial charge in [0.2, 0.25) is 0 Å². The fourth-order valence-electron chi connectivity index (χ4n) is 4.57. The maximum Gasteiger partial charge on any atom is 0.303 e. The zero-order valence-electron chi connectivity index (χ0n) is 11.7. The van der Waals surface area contributed by atoms with E-state index in [1.165, 1.54) is 0 Å². The fourth-order valence-corrected chi connectivity index (χ4v) is 6.27. The molecule has 3 unspecified atom stereocenters. The molecule has 0 radical (unpaired) electrons. The molecule has 0 amide bonds. The number of hydrogen-bond donors (Lipinski definition) is 1. The molecule has 0 aliphatic carbocycles. The summed E-state index contributed by atoms with van der Waals surface area (Å²) in [6.07, 6.45) is 6.11. The highest BCUT2D eigenvalue weighted by Gasteiger charge is 2.45. The van der Waals surface area contributed by atoms with Crippen molar-refractivity contribution in [2.75, 3.05) is 11.5 Å². The number of carboxylic acids is 1. The van der Waals surface area contributed by atoms with Crippen LogP contribution in [-0.4, -0.2) is 54.0 Å². The molecule has 3 aliphatic rings. The molecule has 3 fully saturated rings. The zero-order valence-corrected chi connectivity index (χ0v) is 12.5. The van der Waals surface area contributed by atoms with Crippen LogP contribution in [0.2, 0.25) is 0 Å². The Labute approximate surface area is 120 Å². The summed E-state index contributed by atoms with van der Waals surface area (Å²) in [5.74, 6) is 0.224. The van der Waals surface area contributed by atoms with Crippen LogP contribution in [0.5, 0.6) is 0 Å². The summed E-state index contributed by atoms with van der Waals surface area (Å²) < 4.78 is 23.7. The van der Waals surface area contributed by atoms with E-state index >= 15 is 0 Å². The standard InChI is InChI=1S/C14H23NO4S/c16-14(17)8-10-6-11-3-4-12(7-10)15(11)13-2-1-5-20(18,19)9-13/h10-13H,1-9H2,(H,16,17). The number of carboxylic acid groups (broad SMARTS) is 1. The van der Waals surface area contributed by atoms with Gasteiger partial charge in [-0.15, -0.1) is 0 Å². The second-order valence-corrected chi connectivity index (χ2v) is 8.91. The lowest BCUT2D eigenvalue weighted by atomic mass is 9.87. The molecule has 3 heterocycles. The van der Waals surface area contributed by atoms with Gasteiger partial charge < -0.3 is 5.11 Å². The third kappa shape index (κ3) is 2.86. The molecule has 0 aromatic rings. The first-order chi connectivity index (χ1) is 9.44. The second kappa shape index (κ2) is 5.30. The maximum atomic E-state index is 11.8. The highest BCUT2D eigenvalue weighted by atomic mass is 32.2. The van der Waals surface area contributed by atoms with E-state index in [9.17, 15) is 13.2 Å². The van der Waals surface area contributed by atoms with Crippen LogP contribution in [-0.2, 0) is 14.6 Å². The first-order valence-corrected chi connectivity index (χ1v) is 9.46. The molecule has 0 aromatic heterocycles. The quantitative estimate of drug-likeness (QED) is 0.850. The van der Waals surface area contributed by atoms with E-state index in [4.69, 9.17) is 5.11 Å². The highest BCUT2D eigenvalue weighted by Crippen LogP contribution is 2.42. The van der Waals surface area contributed by atoms with Crippen LogP contribution in [0.15, 0.2) is 0 Å². The molecule has 2 bridgehead atoms. The van der Waals surface area contributed by atoms with Crippen molar-refractivity contribution in [2.45, 2.75) is 63.1 Å². The molecule has 0 spiro atoms. The molecule has 3 aliphatic heterocycles. The van der Waals surface area contributed by atoms with Gasteiger partial charge in [-0.1, -0.05) is 0 Å². The third-order valence-corrected chi connectivity index (χ3v) is 7.01. The average molecular weight is 301 g/mol. The molecule has 20 heavy (non-hydrogen) atoms. The number of nitrogens with zero attached hydrogens (tertiary/aromatic N) is 1. The van der Waals surface area contributed by atoms with E-state index in [1.807, 2.05) is 0 Å². The molecule has 3 rings (SSSR count). The van der Waals surface area contributed by atoms with Crippen LogP contribution in [0.1, 0.15) is 44.9 Å². The van der Waals surface area contributed by atoms with Gasteiger partial charge in [0.1, 0.15) is 0 Å². The smallest absolute Gasteiger partial charge is 0.303 e. The Morgan fingerprint density at radius 2 is 1.75 bits per heavy atom. The van der Waals surface area contributed by atoms with Crippen LogP contribution < -0.4 is 0 Å². The maximum absolute atomic E-state index is 11.8. The van der Waals surface area contributed by atoms with Gasteiger partial charge in [-0.3, -0.25) is 9.69 Å². The summed E-state index contributed by atoms with van der Waals surface area (Å²) in [5.41, 5.74) is 0. The monoisotopic (exact) mass is 301 g/mol. The third-order valence-electron chi connectivity index (χ3n) is 5.21. The minimum absolute atomic E-state index is 0.178. The van der Waals surface area contributed by atoms with Crippen LogP contribution in [0.25, 0.3) is 0 Å². The average Bonchev–Trinajstić information content (AvgIpc) is 2.59. The van der Waals surface area contributed by atoms with Crippen LogP contribution in [0, 0.1) is 5.92 Å². The molecule has 0 aromatic carbocycles. The van der Waals surface area contributed by atoms with Crippen molar-refractivity contribution < 1.29 is 18.3 Å². The first-order valence-electron chi connectivity index (χ1n) is 7.64. The van der Waals surface area contributed by atoms with E-state index in [0.29, 0.717) is 23.6 Å². The summed E-state index contributed by atoms with van der Waals surface area (Å²) in [6.45, 7) is 0. The molecule has 6 heteroatoms. The summed E-state index contributed by atoms with van der Waals surface area (Å²) in [5, 5.41) is 8.95. The molecule has 5 nitrogen and oxygen atoms in total. The number of fused-ring (bicyclic) bond motifs is 2. The normalized spacial score (nSPS) is 40.6. The van der Waals surface area contributed by atoms with Gasteiger partial charge in [0, 0.05) is 24.5 Å². The van der Waals surface area contributed by atoms with E-state index in [1.54, 1.807) is 0 Å². The van der Waals surface area contributed by atoms with Crippen molar-refractivity contribution in [3.63, 3.8) is 0 Å². The minimum atomic E-state index is -2.87. The van der Waals surface area contributed by atoms with E-state index in [-0.39, 0.29) is 18.4 Å². The predicted molar refractivity (Wildman–Crippen MR) is 75.3 cm³/mol. The Bertz CT molecular complexity index is 475. The molecule has 0 saturated carbocycles. The van der Waals surface area contributed by atoms with Gasteiger partial charge in [0.25, 0.3) is 0 Å². The topological polar surface area (TPSA) is 74.7 Å². The predicted octanol–water partition coefficient (Wildman–Crippen LogP) is 1.28. The van der Waals surface area contributed by atoms with Crippen molar-refractivity contribution >= 4 is 15.8 Å². The van der Waals surface area contributed by atoms with E-state index in [0.717, 1.165) is 38.5 Å². The van der Waals surface area contributed by atoms with Gasteiger partial charge in [-0.25, -0.2) is 8.42 Å². The Morgan fingerprint density at radius 1 is 1.10 bits per heavy atom. The minimum Gasteiger partial charge on any atom is -0.481 e. The first kappa shape index (κ1) is 14.3. The lowest BCUT2D eigenvalue weighted by Gasteiger charge is -2.44. The number of rotatable bonds is 3. The summed E-state index contributed by atoms with van der Waals surface area (Å²) >= 11 is 0. The number of carbonyl (C=O) groups is 1. The van der Waals surface area contributed by atoms with Gasteiger partial charge in [-0.05, 0) is 44.4 Å². The number of aliphatic carboxylic acids is 1. The van der Waals surface area contributed by atoms with Crippen LogP contribution >= 0.6 is 0 Å². The number of hydrogen-bond acceptors (Lipinski definition) is 4. The Balaban J connectivity index is 1.69. The van der Waals surface area contributed by atoms with Crippen molar-refractivity contribution in [3.05, 3.63) is 0 Å². The zero-order chi connectivity index (χ0) is 14.3. The molecular weight excluding hydrogens is 278 g/mol. The van der Waals surface area contributed by atoms with Crippen molar-refractivity contribution in [2.24, 2.45) is 5.92 Å². The molecule has 1 N–H and O–H groups in total. The second-order valence-electron chi connectivity index (χ2n) is 6.68. The van der Waals surface area contributed by atoms with Crippen molar-refractivity contribution in [3.8, 4) is 0 Å². The highest BCUT2D eigenvalue weighted by molar-refractivity contribution is 7.91. The molecule has 3 saturated heterocycles. The van der Waals surface area contributed by atoms with Gasteiger partial charge >= 0.3 is 5.97 Å². The Morgan fingerprint density at radius 3 is 2.30 bits per heavy atom. The number of piperidine rings is 1. The van der Waals surface area contributed by atoms with E-state index < -0.39 is 15.8 Å². The summed E-state index contributed by atoms with van der Waals surface area (Å²) in [6, 6.07) is 1.00. The SMILES string of the molecule is O=C(O)CC1CC2CCC(C1)N2C1CCCS(=O)(=O)C1.